The highest BCUT2D eigenvalue weighted by molar-refractivity contribution is 5.94. The fourth-order valence-corrected chi connectivity index (χ4v) is 1.35. The summed E-state index contributed by atoms with van der Waals surface area (Å²) < 4.78 is 5.31. The van der Waals surface area contributed by atoms with Gasteiger partial charge in [0.1, 0.15) is 11.5 Å². The fourth-order valence-electron chi connectivity index (χ4n) is 1.35. The van der Waals surface area contributed by atoms with Crippen LogP contribution in [0.4, 0.5) is 0 Å². The van der Waals surface area contributed by atoms with Gasteiger partial charge in [0.2, 0.25) is 0 Å². The van der Waals surface area contributed by atoms with Gasteiger partial charge >= 0.3 is 0 Å². The van der Waals surface area contributed by atoms with Crippen LogP contribution in [0.5, 0.6) is 5.75 Å². The third kappa shape index (κ3) is 4.68. The zero-order valence-electron chi connectivity index (χ0n) is 10.2. The number of ether oxygens (including phenoxy) is 1. The maximum atomic E-state index is 11.7. The van der Waals surface area contributed by atoms with Crippen LogP contribution in [0, 0.1) is 0 Å². The molecule has 0 heterocycles. The van der Waals surface area contributed by atoms with Crippen molar-refractivity contribution in [2.75, 3.05) is 13.2 Å². The van der Waals surface area contributed by atoms with Gasteiger partial charge in [-0.15, -0.1) is 0 Å². The number of Topliss-reactive ketones (excluding diaryl/α,β-unsaturated/α-hetero) is 1. The van der Waals surface area contributed by atoms with Crippen LogP contribution in [0.3, 0.4) is 0 Å². The lowest BCUT2D eigenvalue weighted by atomic mass is 10.2. The van der Waals surface area contributed by atoms with Gasteiger partial charge < -0.3 is 10.1 Å². The van der Waals surface area contributed by atoms with E-state index < -0.39 is 0 Å². The SMILES string of the molecule is CCOc1cccc(C(=O)NCCC(C)=O)c1. The Balaban J connectivity index is 2.56. The number of amides is 1. The topological polar surface area (TPSA) is 55.4 Å². The minimum atomic E-state index is -0.187. The molecule has 0 unspecified atom stereocenters. The highest BCUT2D eigenvalue weighted by Crippen LogP contribution is 2.12. The Hall–Kier alpha value is -1.84. The molecule has 0 radical (unpaired) electrons. The summed E-state index contributed by atoms with van der Waals surface area (Å²) in [6, 6.07) is 6.97. The van der Waals surface area contributed by atoms with E-state index in [0.717, 1.165) is 0 Å². The maximum Gasteiger partial charge on any atom is 0.251 e. The standard InChI is InChI=1S/C13H17NO3/c1-3-17-12-6-4-5-11(9-12)13(16)14-8-7-10(2)15/h4-6,9H,3,7-8H2,1-2H3,(H,14,16). The van der Waals surface area contributed by atoms with Crippen molar-refractivity contribution < 1.29 is 14.3 Å². The number of carbonyl (C=O) groups is 2. The number of rotatable bonds is 6. The molecule has 0 atom stereocenters. The third-order valence-electron chi connectivity index (χ3n) is 2.17. The highest BCUT2D eigenvalue weighted by Gasteiger charge is 2.06. The van der Waals surface area contributed by atoms with E-state index in [2.05, 4.69) is 5.32 Å². The minimum absolute atomic E-state index is 0.0633. The van der Waals surface area contributed by atoms with Crippen LogP contribution in [0.1, 0.15) is 30.6 Å². The average Bonchev–Trinajstić information content (AvgIpc) is 2.29. The molecular weight excluding hydrogens is 218 g/mol. The second-order valence-corrected chi connectivity index (χ2v) is 3.67. The van der Waals surface area contributed by atoms with Crippen molar-refractivity contribution in [3.05, 3.63) is 29.8 Å². The Morgan fingerprint density at radius 1 is 1.35 bits per heavy atom. The Bertz CT molecular complexity index is 401. The van der Waals surface area contributed by atoms with Crippen LogP contribution in [0.2, 0.25) is 0 Å². The summed E-state index contributed by atoms with van der Waals surface area (Å²) in [5, 5.41) is 2.68. The van der Waals surface area contributed by atoms with E-state index in [1.54, 1.807) is 24.3 Å². The monoisotopic (exact) mass is 235 g/mol. The van der Waals surface area contributed by atoms with E-state index in [1.807, 2.05) is 6.92 Å². The Labute approximate surface area is 101 Å². The fraction of sp³-hybridized carbons (Fsp3) is 0.385. The van der Waals surface area contributed by atoms with Gasteiger partial charge in [-0.3, -0.25) is 9.59 Å². The van der Waals surface area contributed by atoms with Crippen LogP contribution in [0.15, 0.2) is 24.3 Å². The van der Waals surface area contributed by atoms with Crippen LogP contribution in [0.25, 0.3) is 0 Å². The zero-order valence-corrected chi connectivity index (χ0v) is 10.2. The van der Waals surface area contributed by atoms with Crippen molar-refractivity contribution in [2.45, 2.75) is 20.3 Å². The molecule has 4 heteroatoms. The summed E-state index contributed by atoms with van der Waals surface area (Å²) in [7, 11) is 0. The van der Waals surface area contributed by atoms with Crippen molar-refractivity contribution in [3.8, 4) is 5.75 Å². The number of nitrogens with one attached hydrogen (secondary N) is 1. The molecule has 0 aliphatic heterocycles. The molecule has 17 heavy (non-hydrogen) atoms. The molecule has 1 aromatic carbocycles. The number of hydrogen-bond acceptors (Lipinski definition) is 3. The van der Waals surface area contributed by atoms with Crippen molar-refractivity contribution in [2.24, 2.45) is 0 Å². The van der Waals surface area contributed by atoms with Gasteiger partial charge in [0.15, 0.2) is 0 Å². The van der Waals surface area contributed by atoms with Crippen molar-refractivity contribution >= 4 is 11.7 Å². The average molecular weight is 235 g/mol. The van der Waals surface area contributed by atoms with Crippen LogP contribution >= 0.6 is 0 Å². The Kier molecular flexibility index (Phi) is 5.20. The van der Waals surface area contributed by atoms with Gasteiger partial charge in [-0.05, 0) is 32.0 Å². The molecule has 0 saturated heterocycles. The molecule has 0 fully saturated rings. The van der Waals surface area contributed by atoms with E-state index in [4.69, 9.17) is 4.74 Å². The number of hydrogen-bond donors (Lipinski definition) is 1. The molecule has 1 aromatic rings. The third-order valence-corrected chi connectivity index (χ3v) is 2.17. The molecule has 0 saturated carbocycles. The molecule has 1 amide bonds. The van der Waals surface area contributed by atoms with Crippen molar-refractivity contribution in [1.29, 1.82) is 0 Å². The molecule has 0 aliphatic carbocycles. The van der Waals surface area contributed by atoms with E-state index in [-0.39, 0.29) is 11.7 Å². The van der Waals surface area contributed by atoms with E-state index in [9.17, 15) is 9.59 Å². The van der Waals surface area contributed by atoms with Gasteiger partial charge in [0.05, 0.1) is 6.61 Å². The van der Waals surface area contributed by atoms with Crippen molar-refractivity contribution in [3.63, 3.8) is 0 Å². The molecule has 1 N–H and O–H groups in total. The molecule has 1 rings (SSSR count). The predicted octanol–water partition coefficient (Wildman–Crippen LogP) is 1.79. The molecule has 0 aromatic heterocycles. The lowest BCUT2D eigenvalue weighted by Crippen LogP contribution is -2.25. The normalized spacial score (nSPS) is 9.76. The smallest absolute Gasteiger partial charge is 0.251 e. The van der Waals surface area contributed by atoms with E-state index >= 15 is 0 Å². The van der Waals surface area contributed by atoms with Crippen molar-refractivity contribution in [1.82, 2.24) is 5.32 Å². The minimum Gasteiger partial charge on any atom is -0.494 e. The summed E-state index contributed by atoms with van der Waals surface area (Å²) in [4.78, 5) is 22.4. The highest BCUT2D eigenvalue weighted by atomic mass is 16.5. The zero-order chi connectivity index (χ0) is 12.7. The lowest BCUT2D eigenvalue weighted by Gasteiger charge is -2.06. The summed E-state index contributed by atoms with van der Waals surface area (Å²) in [5.41, 5.74) is 0.541. The van der Waals surface area contributed by atoms with Crippen LogP contribution in [-0.2, 0) is 4.79 Å². The largest absolute Gasteiger partial charge is 0.494 e. The predicted molar refractivity (Wildman–Crippen MR) is 65.2 cm³/mol. The molecule has 4 nitrogen and oxygen atoms in total. The van der Waals surface area contributed by atoms with Gasteiger partial charge in [-0.25, -0.2) is 0 Å². The number of ketones is 1. The van der Waals surface area contributed by atoms with Gasteiger partial charge in [-0.1, -0.05) is 6.07 Å². The van der Waals surface area contributed by atoms with Crippen LogP contribution in [-0.4, -0.2) is 24.8 Å². The summed E-state index contributed by atoms with van der Waals surface area (Å²) >= 11 is 0. The van der Waals surface area contributed by atoms with E-state index in [1.165, 1.54) is 6.92 Å². The van der Waals surface area contributed by atoms with Crippen LogP contribution < -0.4 is 10.1 Å². The summed E-state index contributed by atoms with van der Waals surface area (Å²) in [6.07, 6.45) is 0.358. The first kappa shape index (κ1) is 13.2. The van der Waals surface area contributed by atoms with Gasteiger partial charge in [0.25, 0.3) is 5.91 Å². The molecule has 0 spiro atoms. The Morgan fingerprint density at radius 2 is 2.12 bits per heavy atom. The molecular formula is C13H17NO3. The first-order valence-electron chi connectivity index (χ1n) is 5.64. The first-order chi connectivity index (χ1) is 8.13. The summed E-state index contributed by atoms with van der Waals surface area (Å²) in [5.74, 6) is 0.549. The quantitative estimate of drug-likeness (QED) is 0.818. The molecule has 0 aliphatic rings. The maximum absolute atomic E-state index is 11.7. The first-order valence-corrected chi connectivity index (χ1v) is 5.64. The van der Waals surface area contributed by atoms with Gasteiger partial charge in [-0.2, -0.15) is 0 Å². The Morgan fingerprint density at radius 3 is 2.76 bits per heavy atom. The second-order valence-electron chi connectivity index (χ2n) is 3.67. The second kappa shape index (κ2) is 6.68. The lowest BCUT2D eigenvalue weighted by molar-refractivity contribution is -0.116. The van der Waals surface area contributed by atoms with Gasteiger partial charge in [0, 0.05) is 18.5 Å². The number of carbonyl (C=O) groups excluding carboxylic acids is 2. The molecule has 92 valence electrons. The number of benzene rings is 1. The van der Waals surface area contributed by atoms with E-state index in [0.29, 0.717) is 30.9 Å². The molecule has 0 bridgehead atoms. The summed E-state index contributed by atoms with van der Waals surface area (Å²) in [6.45, 7) is 4.32.